The first kappa shape index (κ1) is 12.7. The van der Waals surface area contributed by atoms with Gasteiger partial charge in [0.25, 0.3) is 0 Å². The molecular formula is C13H17ClN2S. The summed E-state index contributed by atoms with van der Waals surface area (Å²) in [5.41, 5.74) is 0. The molecule has 2 nitrogen and oxygen atoms in total. The summed E-state index contributed by atoms with van der Waals surface area (Å²) in [5, 5.41) is 6.77. The topological polar surface area (TPSA) is 24.9 Å². The van der Waals surface area contributed by atoms with Crippen LogP contribution in [-0.2, 0) is 0 Å². The van der Waals surface area contributed by atoms with E-state index in [1.807, 2.05) is 12.3 Å². The number of nitrogens with zero attached hydrogens (tertiary/aromatic N) is 1. The zero-order valence-electron chi connectivity index (χ0n) is 10.1. The van der Waals surface area contributed by atoms with E-state index in [4.69, 9.17) is 11.6 Å². The van der Waals surface area contributed by atoms with E-state index in [2.05, 4.69) is 35.6 Å². The molecule has 0 amide bonds. The Balaban J connectivity index is 2.01. The maximum atomic E-state index is 6.26. The number of aromatic nitrogens is 1. The second-order valence-electron chi connectivity index (χ2n) is 4.60. The lowest BCUT2D eigenvalue weighted by Gasteiger charge is -2.13. The second kappa shape index (κ2) is 5.69. The van der Waals surface area contributed by atoms with Gasteiger partial charge in [0.15, 0.2) is 0 Å². The van der Waals surface area contributed by atoms with Crippen LogP contribution in [0, 0.1) is 5.92 Å². The van der Waals surface area contributed by atoms with Crippen molar-refractivity contribution in [2.24, 2.45) is 5.92 Å². The second-order valence-corrected chi connectivity index (χ2v) is 6.16. The Hall–Kier alpha value is -0.800. The number of fused-ring (bicyclic) bond motifs is 1. The van der Waals surface area contributed by atoms with Gasteiger partial charge >= 0.3 is 0 Å². The predicted octanol–water partition coefficient (Wildman–Crippen LogP) is 4.36. The van der Waals surface area contributed by atoms with E-state index in [1.54, 1.807) is 11.3 Å². The number of pyridine rings is 1. The summed E-state index contributed by atoms with van der Waals surface area (Å²) in [6.45, 7) is 5.14. The molecule has 1 atom stereocenters. The van der Waals surface area contributed by atoms with Crippen LogP contribution >= 0.6 is 22.9 Å². The molecule has 4 heteroatoms. The van der Waals surface area contributed by atoms with E-state index in [0.29, 0.717) is 5.92 Å². The van der Waals surface area contributed by atoms with Crippen LogP contribution < -0.4 is 5.32 Å². The van der Waals surface area contributed by atoms with E-state index < -0.39 is 0 Å². The van der Waals surface area contributed by atoms with Crippen molar-refractivity contribution < 1.29 is 0 Å². The average Bonchev–Trinajstić information content (AvgIpc) is 2.73. The highest BCUT2D eigenvalue weighted by atomic mass is 35.5. The molecule has 0 aliphatic carbocycles. The summed E-state index contributed by atoms with van der Waals surface area (Å²) >= 11 is 8.00. The first-order valence-corrected chi connectivity index (χ1v) is 7.18. The van der Waals surface area contributed by atoms with Gasteiger partial charge in [-0.25, -0.2) is 4.98 Å². The maximum absolute atomic E-state index is 6.26. The minimum Gasteiger partial charge on any atom is -0.368 e. The minimum absolute atomic E-state index is 0.158. The van der Waals surface area contributed by atoms with Crippen LogP contribution in [-0.4, -0.2) is 16.9 Å². The molecule has 0 saturated carbocycles. The van der Waals surface area contributed by atoms with Crippen LogP contribution in [0.1, 0.15) is 20.3 Å². The molecule has 0 spiro atoms. The minimum atomic E-state index is 0.158. The molecule has 1 N–H and O–H groups in total. The molecular weight excluding hydrogens is 252 g/mol. The number of hydrogen-bond acceptors (Lipinski definition) is 3. The molecule has 2 heterocycles. The highest BCUT2D eigenvalue weighted by Gasteiger charge is 2.09. The highest BCUT2D eigenvalue weighted by Crippen LogP contribution is 2.26. The van der Waals surface area contributed by atoms with E-state index in [1.165, 1.54) is 10.1 Å². The first-order chi connectivity index (χ1) is 8.16. The molecule has 0 aliphatic rings. The lowest BCUT2D eigenvalue weighted by atomic mass is 10.1. The first-order valence-electron chi connectivity index (χ1n) is 5.87. The normalized spacial score (nSPS) is 13.2. The van der Waals surface area contributed by atoms with Gasteiger partial charge in [-0.15, -0.1) is 22.9 Å². The van der Waals surface area contributed by atoms with Crippen molar-refractivity contribution in [3.8, 4) is 0 Å². The Morgan fingerprint density at radius 3 is 3.00 bits per heavy atom. The van der Waals surface area contributed by atoms with Gasteiger partial charge in [-0.3, -0.25) is 0 Å². The van der Waals surface area contributed by atoms with E-state index in [0.717, 1.165) is 18.8 Å². The average molecular weight is 269 g/mol. The van der Waals surface area contributed by atoms with Gasteiger partial charge in [0, 0.05) is 22.8 Å². The van der Waals surface area contributed by atoms with E-state index in [9.17, 15) is 0 Å². The molecule has 2 aromatic heterocycles. The van der Waals surface area contributed by atoms with Crippen LogP contribution in [0.5, 0.6) is 0 Å². The van der Waals surface area contributed by atoms with Crippen LogP contribution in [0.4, 0.5) is 5.82 Å². The summed E-state index contributed by atoms with van der Waals surface area (Å²) in [5.74, 6) is 1.57. The smallest absolute Gasteiger partial charge is 0.134 e. The third kappa shape index (κ3) is 3.33. The fourth-order valence-electron chi connectivity index (χ4n) is 1.84. The van der Waals surface area contributed by atoms with Crippen molar-refractivity contribution in [2.75, 3.05) is 11.9 Å². The Morgan fingerprint density at radius 2 is 2.24 bits per heavy atom. The van der Waals surface area contributed by atoms with Crippen molar-refractivity contribution in [2.45, 2.75) is 25.6 Å². The number of halogens is 1. The number of thiophene rings is 1. The molecule has 92 valence electrons. The zero-order valence-corrected chi connectivity index (χ0v) is 11.7. The molecule has 17 heavy (non-hydrogen) atoms. The predicted molar refractivity (Wildman–Crippen MR) is 77.2 cm³/mol. The van der Waals surface area contributed by atoms with Gasteiger partial charge in [-0.1, -0.05) is 13.8 Å². The molecule has 1 unspecified atom stereocenters. The Labute approximate surface area is 111 Å². The van der Waals surface area contributed by atoms with Gasteiger partial charge in [0.2, 0.25) is 0 Å². The Kier molecular flexibility index (Phi) is 4.24. The Bertz CT molecular complexity index is 481. The van der Waals surface area contributed by atoms with Gasteiger partial charge in [-0.2, -0.15) is 0 Å². The van der Waals surface area contributed by atoms with Crippen LogP contribution in [0.25, 0.3) is 10.1 Å². The summed E-state index contributed by atoms with van der Waals surface area (Å²) in [6, 6.07) is 4.14. The van der Waals surface area contributed by atoms with Crippen molar-refractivity contribution in [3.05, 3.63) is 23.7 Å². The molecule has 0 saturated heterocycles. The van der Waals surface area contributed by atoms with Gasteiger partial charge in [0.05, 0.1) is 5.38 Å². The standard InChI is InChI=1S/C13H17ClN2S/c1-9(2)7-10(14)8-16-13-11-4-6-17-12(11)3-5-15-13/h3-6,9-10H,7-8H2,1-2H3,(H,15,16). The third-order valence-electron chi connectivity index (χ3n) is 2.60. The molecule has 0 fully saturated rings. The lowest BCUT2D eigenvalue weighted by Crippen LogP contribution is -2.16. The van der Waals surface area contributed by atoms with Crippen molar-refractivity contribution in [1.82, 2.24) is 4.98 Å². The molecule has 0 bridgehead atoms. The van der Waals surface area contributed by atoms with E-state index in [-0.39, 0.29) is 5.38 Å². The van der Waals surface area contributed by atoms with Crippen molar-refractivity contribution >= 4 is 38.8 Å². The Morgan fingerprint density at radius 1 is 1.41 bits per heavy atom. The van der Waals surface area contributed by atoms with Crippen LogP contribution in [0.15, 0.2) is 23.7 Å². The van der Waals surface area contributed by atoms with Gasteiger partial charge in [0.1, 0.15) is 5.82 Å². The van der Waals surface area contributed by atoms with E-state index >= 15 is 0 Å². The molecule has 2 rings (SSSR count). The fraction of sp³-hybridized carbons (Fsp3) is 0.462. The molecule has 0 aliphatic heterocycles. The van der Waals surface area contributed by atoms with Gasteiger partial charge in [-0.05, 0) is 29.9 Å². The third-order valence-corrected chi connectivity index (χ3v) is 3.81. The monoisotopic (exact) mass is 268 g/mol. The van der Waals surface area contributed by atoms with Crippen molar-refractivity contribution in [3.63, 3.8) is 0 Å². The zero-order chi connectivity index (χ0) is 12.3. The van der Waals surface area contributed by atoms with Gasteiger partial charge < -0.3 is 5.32 Å². The summed E-state index contributed by atoms with van der Waals surface area (Å²) in [4.78, 5) is 4.37. The summed E-state index contributed by atoms with van der Waals surface area (Å²) in [7, 11) is 0. The van der Waals surface area contributed by atoms with Crippen LogP contribution in [0.3, 0.4) is 0 Å². The number of anilines is 1. The number of hydrogen-bond donors (Lipinski definition) is 1. The lowest BCUT2D eigenvalue weighted by molar-refractivity contribution is 0.572. The quantitative estimate of drug-likeness (QED) is 0.815. The largest absolute Gasteiger partial charge is 0.368 e. The molecule has 2 aromatic rings. The number of alkyl halides is 1. The highest BCUT2D eigenvalue weighted by molar-refractivity contribution is 7.17. The number of nitrogens with one attached hydrogen (secondary N) is 1. The summed E-state index contributed by atoms with van der Waals surface area (Å²) in [6.07, 6.45) is 2.86. The SMILES string of the molecule is CC(C)CC(Cl)CNc1nccc2sccc12. The van der Waals surface area contributed by atoms with Crippen LogP contribution in [0.2, 0.25) is 0 Å². The van der Waals surface area contributed by atoms with Crippen molar-refractivity contribution in [1.29, 1.82) is 0 Å². The fourth-order valence-corrected chi connectivity index (χ4v) is 3.05. The molecule has 0 aromatic carbocycles. The summed E-state index contributed by atoms with van der Waals surface area (Å²) < 4.78 is 1.26. The number of rotatable bonds is 5. The molecule has 0 radical (unpaired) electrons. The maximum Gasteiger partial charge on any atom is 0.134 e.